The van der Waals surface area contributed by atoms with E-state index in [1.165, 1.54) is 0 Å². The lowest BCUT2D eigenvalue weighted by molar-refractivity contribution is -0.130. The van der Waals surface area contributed by atoms with Crippen molar-refractivity contribution in [3.8, 4) is 11.1 Å². The van der Waals surface area contributed by atoms with Crippen LogP contribution in [0.2, 0.25) is 0 Å². The monoisotopic (exact) mass is 700 g/mol. The molecule has 0 saturated heterocycles. The van der Waals surface area contributed by atoms with Crippen molar-refractivity contribution in [1.82, 2.24) is 20.6 Å². The van der Waals surface area contributed by atoms with E-state index >= 15 is 0 Å². The van der Waals surface area contributed by atoms with Crippen molar-refractivity contribution in [3.63, 3.8) is 0 Å². The predicted molar refractivity (Wildman–Crippen MR) is 193 cm³/mol. The van der Waals surface area contributed by atoms with E-state index in [0.29, 0.717) is 5.82 Å². The van der Waals surface area contributed by atoms with Gasteiger partial charge < -0.3 is 20.9 Å². The second-order valence-corrected chi connectivity index (χ2v) is 13.8. The molecule has 266 valence electrons. The zero-order valence-electron chi connectivity index (χ0n) is 28.3. The van der Waals surface area contributed by atoms with Gasteiger partial charge in [0.05, 0.1) is 35.5 Å². The average molecular weight is 701 g/mol. The highest BCUT2D eigenvalue weighted by Crippen LogP contribution is 2.38. The van der Waals surface area contributed by atoms with Crippen LogP contribution in [0.1, 0.15) is 57.2 Å². The predicted octanol–water partition coefficient (Wildman–Crippen LogP) is 8.66. The van der Waals surface area contributed by atoms with E-state index in [1.54, 1.807) is 6.21 Å². The number of fused-ring (bicyclic) bond motifs is 4. The first-order chi connectivity index (χ1) is 24.5. The van der Waals surface area contributed by atoms with Gasteiger partial charge in [0.2, 0.25) is 23.7 Å². The Morgan fingerprint density at radius 1 is 0.804 bits per heavy atom. The molecule has 0 unspecified atom stereocenters. The Kier molecular flexibility index (Phi) is 9.43. The summed E-state index contributed by atoms with van der Waals surface area (Å²) in [6.07, 6.45) is 1.39. The van der Waals surface area contributed by atoms with Gasteiger partial charge in [-0.2, -0.15) is 0 Å². The van der Waals surface area contributed by atoms with Crippen molar-refractivity contribution in [3.05, 3.63) is 66.5 Å². The van der Waals surface area contributed by atoms with Crippen LogP contribution in [-0.2, 0) is 16.1 Å². The van der Waals surface area contributed by atoms with Crippen LogP contribution < -0.4 is 16.0 Å². The third-order valence-electron chi connectivity index (χ3n) is 10.3. The fraction of sp³-hybridized carbons (Fsp3) is 0.385. The summed E-state index contributed by atoms with van der Waals surface area (Å²) >= 11 is 0. The molecule has 2 aliphatic carbocycles. The molecule has 12 heteroatoms. The van der Waals surface area contributed by atoms with Gasteiger partial charge in [-0.05, 0) is 71.8 Å². The number of benzene rings is 4. The number of aromatic nitrogens is 2. The van der Waals surface area contributed by atoms with Crippen molar-refractivity contribution >= 4 is 62.0 Å². The number of carbonyl (C=O) groups excluding carboxylic acids is 2. The summed E-state index contributed by atoms with van der Waals surface area (Å²) in [5.74, 6) is -5.93. The molecule has 2 aliphatic rings. The van der Waals surface area contributed by atoms with E-state index in [4.69, 9.17) is 0 Å². The fourth-order valence-electron chi connectivity index (χ4n) is 7.35. The van der Waals surface area contributed by atoms with Gasteiger partial charge in [-0.3, -0.25) is 14.6 Å². The molecule has 7 rings (SSSR count). The van der Waals surface area contributed by atoms with Crippen LogP contribution in [-0.4, -0.2) is 53.4 Å². The van der Waals surface area contributed by atoms with Gasteiger partial charge in [-0.15, -0.1) is 0 Å². The molecule has 2 amide bonds. The van der Waals surface area contributed by atoms with E-state index in [1.807, 2.05) is 31.3 Å². The maximum Gasteiger partial charge on any atom is 0.248 e. The molecule has 4 aromatic carbocycles. The number of imidazole rings is 1. The summed E-state index contributed by atoms with van der Waals surface area (Å²) in [5, 5.41) is 13.0. The third-order valence-corrected chi connectivity index (χ3v) is 10.3. The molecular weight excluding hydrogens is 660 g/mol. The summed E-state index contributed by atoms with van der Waals surface area (Å²) in [6.45, 7) is 0.407. The highest BCUT2D eigenvalue weighted by Gasteiger charge is 2.38. The largest absolute Gasteiger partial charge is 0.386 e. The zero-order chi connectivity index (χ0) is 35.8. The number of amides is 2. The molecule has 51 heavy (non-hydrogen) atoms. The van der Waals surface area contributed by atoms with Gasteiger partial charge in [0.1, 0.15) is 5.82 Å². The number of aromatic amines is 1. The van der Waals surface area contributed by atoms with E-state index in [-0.39, 0.29) is 82.2 Å². The van der Waals surface area contributed by atoms with Crippen molar-refractivity contribution in [2.24, 2.45) is 16.8 Å². The summed E-state index contributed by atoms with van der Waals surface area (Å²) < 4.78 is 53.9. The second-order valence-electron chi connectivity index (χ2n) is 13.8. The van der Waals surface area contributed by atoms with Crippen LogP contribution in [0.5, 0.6) is 0 Å². The first-order valence-corrected chi connectivity index (χ1v) is 17.5. The normalized spacial score (nSPS) is 18.1. The number of hydrogen-bond acceptors (Lipinski definition) is 5. The van der Waals surface area contributed by atoms with Gasteiger partial charge in [-0.1, -0.05) is 36.4 Å². The number of hydrogen-bond donors (Lipinski definition) is 4. The number of nitrogens with one attached hydrogen (secondary N) is 4. The first-order valence-electron chi connectivity index (χ1n) is 17.5. The molecular formula is C39H40F4N6O2. The summed E-state index contributed by atoms with van der Waals surface area (Å²) in [4.78, 5) is 37.6. The van der Waals surface area contributed by atoms with Crippen LogP contribution in [0.25, 0.3) is 43.7 Å². The Hall–Kier alpha value is -5.00. The minimum atomic E-state index is -2.67. The van der Waals surface area contributed by atoms with Crippen molar-refractivity contribution in [1.29, 1.82) is 0 Å². The number of alkyl halides is 4. The SMILES string of the molecule is CNc1c(/N=C/CNC(=O)C2CCC(F)(F)CC2)ccc2cc(-c3ccc4c(ccc5nc(CNC(=O)C6CCC(F)(F)CC6)[nH]c54)c3)ccc12. The number of rotatable bonds is 9. The Bertz CT molecular complexity index is 2130. The van der Waals surface area contributed by atoms with Crippen molar-refractivity contribution < 1.29 is 27.2 Å². The minimum absolute atomic E-state index is 0.190. The molecule has 4 N–H and O–H groups in total. The third kappa shape index (κ3) is 7.55. The Balaban J connectivity index is 1.02. The lowest BCUT2D eigenvalue weighted by Gasteiger charge is -2.27. The molecule has 0 radical (unpaired) electrons. The van der Waals surface area contributed by atoms with E-state index in [0.717, 1.165) is 55.1 Å². The maximum absolute atomic E-state index is 13.5. The van der Waals surface area contributed by atoms with Crippen LogP contribution in [0.4, 0.5) is 28.9 Å². The molecule has 0 spiro atoms. The Morgan fingerprint density at radius 3 is 2.00 bits per heavy atom. The van der Waals surface area contributed by atoms with E-state index in [2.05, 4.69) is 67.3 Å². The maximum atomic E-state index is 13.5. The van der Waals surface area contributed by atoms with Gasteiger partial charge in [0.25, 0.3) is 0 Å². The summed E-state index contributed by atoms with van der Waals surface area (Å²) in [7, 11) is 1.83. The molecule has 1 aromatic heterocycles. The van der Waals surface area contributed by atoms with Crippen LogP contribution >= 0.6 is 0 Å². The van der Waals surface area contributed by atoms with Gasteiger partial charge >= 0.3 is 0 Å². The lowest BCUT2D eigenvalue weighted by atomic mass is 9.86. The number of aliphatic imine (C=N–C) groups is 1. The molecule has 5 aromatic rings. The first kappa shape index (κ1) is 34.4. The highest BCUT2D eigenvalue weighted by molar-refractivity contribution is 6.06. The molecule has 2 saturated carbocycles. The number of carbonyl (C=O) groups is 2. The number of nitrogens with zero attached hydrogens (tertiary/aromatic N) is 2. The van der Waals surface area contributed by atoms with E-state index in [9.17, 15) is 27.2 Å². The number of halogens is 4. The topological polar surface area (TPSA) is 111 Å². The Labute approximate surface area is 292 Å². The van der Waals surface area contributed by atoms with Crippen LogP contribution in [0.3, 0.4) is 0 Å². The zero-order valence-corrected chi connectivity index (χ0v) is 28.3. The highest BCUT2D eigenvalue weighted by atomic mass is 19.3. The molecule has 0 aliphatic heterocycles. The van der Waals surface area contributed by atoms with Crippen LogP contribution in [0, 0.1) is 11.8 Å². The number of H-pyrrole nitrogens is 1. The standard InChI is InChI=1S/C39H40F4N6O2/c1-44-34-29-6-2-25(20-27(29)4-8-31(34)45-18-19-46-36(50)23-10-14-38(40,41)15-11-23)26-3-7-30-28(21-26)5-9-32-35(30)49-33(48-32)22-47-37(51)24-12-16-39(42,43)17-13-24/h2-9,18,20-21,23-24,44H,10-17,19,22H2,1H3,(H,46,50)(H,47,51)(H,48,49)/b45-18+. The smallest absolute Gasteiger partial charge is 0.248 e. The minimum Gasteiger partial charge on any atom is -0.386 e. The van der Waals surface area contributed by atoms with Gasteiger partial charge in [0, 0.05) is 61.6 Å². The molecule has 0 bridgehead atoms. The molecule has 1 heterocycles. The molecule has 8 nitrogen and oxygen atoms in total. The second kappa shape index (κ2) is 14.0. The van der Waals surface area contributed by atoms with Gasteiger partial charge in [-0.25, -0.2) is 22.5 Å². The number of anilines is 1. The Morgan fingerprint density at radius 2 is 1.37 bits per heavy atom. The average Bonchev–Trinajstić information content (AvgIpc) is 3.55. The van der Waals surface area contributed by atoms with Gasteiger partial charge in [0.15, 0.2) is 0 Å². The van der Waals surface area contributed by atoms with E-state index < -0.39 is 17.8 Å². The quantitative estimate of drug-likeness (QED) is 0.0911. The van der Waals surface area contributed by atoms with Crippen LogP contribution in [0.15, 0.2) is 65.7 Å². The summed E-state index contributed by atoms with van der Waals surface area (Å²) in [5.41, 5.74) is 5.29. The molecule has 2 fully saturated rings. The molecule has 0 atom stereocenters. The van der Waals surface area contributed by atoms with Crippen molar-refractivity contribution in [2.75, 3.05) is 18.9 Å². The lowest BCUT2D eigenvalue weighted by Crippen LogP contribution is -2.36. The van der Waals surface area contributed by atoms with Crippen molar-refractivity contribution in [2.45, 2.75) is 69.8 Å². The summed E-state index contributed by atoms with van der Waals surface area (Å²) in [6, 6.07) is 20.4. The fourth-order valence-corrected chi connectivity index (χ4v) is 7.35.